The van der Waals surface area contributed by atoms with Crippen LogP contribution in [0.15, 0.2) is 24.4 Å². The van der Waals surface area contributed by atoms with Gasteiger partial charge in [-0.2, -0.15) is 0 Å². The average Bonchev–Trinajstić information content (AvgIpc) is 2.31. The first-order valence-electron chi connectivity index (χ1n) is 5.67. The van der Waals surface area contributed by atoms with E-state index in [9.17, 15) is 0 Å². The smallest absolute Gasteiger partial charge is 0.128 e. The highest BCUT2D eigenvalue weighted by atomic mass is 16.3. The second kappa shape index (κ2) is 5.12. The number of rotatable bonds is 3. The fourth-order valence-electron chi connectivity index (χ4n) is 2.23. The number of aliphatic hydroxyl groups excluding tert-OH is 1. The third kappa shape index (κ3) is 2.69. The van der Waals surface area contributed by atoms with Crippen molar-refractivity contribution in [3.63, 3.8) is 0 Å². The zero-order valence-electron chi connectivity index (χ0n) is 8.97. The molecule has 1 saturated heterocycles. The van der Waals surface area contributed by atoms with Crippen molar-refractivity contribution in [2.24, 2.45) is 5.92 Å². The lowest BCUT2D eigenvalue weighted by Gasteiger charge is -2.33. The van der Waals surface area contributed by atoms with Gasteiger partial charge in [-0.25, -0.2) is 4.98 Å². The lowest BCUT2D eigenvalue weighted by Crippen LogP contribution is -2.36. The van der Waals surface area contributed by atoms with Gasteiger partial charge in [-0.1, -0.05) is 6.07 Å². The van der Waals surface area contributed by atoms with Gasteiger partial charge in [0.1, 0.15) is 5.82 Å². The first kappa shape index (κ1) is 10.4. The Kier molecular flexibility index (Phi) is 3.56. The Bertz CT molecular complexity index is 287. The number of nitrogens with zero attached hydrogens (tertiary/aromatic N) is 2. The summed E-state index contributed by atoms with van der Waals surface area (Å²) in [6.45, 7) is 2.44. The topological polar surface area (TPSA) is 36.4 Å². The molecule has 82 valence electrons. The highest BCUT2D eigenvalue weighted by Gasteiger charge is 2.19. The van der Waals surface area contributed by atoms with Crippen LogP contribution in [-0.2, 0) is 0 Å². The van der Waals surface area contributed by atoms with Gasteiger partial charge in [0.2, 0.25) is 0 Å². The molecule has 0 aromatic carbocycles. The number of piperidine rings is 1. The molecule has 0 aliphatic carbocycles. The Hall–Kier alpha value is -1.09. The van der Waals surface area contributed by atoms with E-state index in [1.807, 2.05) is 18.3 Å². The zero-order chi connectivity index (χ0) is 10.5. The van der Waals surface area contributed by atoms with Crippen molar-refractivity contribution in [1.82, 2.24) is 4.98 Å². The summed E-state index contributed by atoms with van der Waals surface area (Å²) in [7, 11) is 0. The minimum Gasteiger partial charge on any atom is -0.396 e. The summed E-state index contributed by atoms with van der Waals surface area (Å²) in [4.78, 5) is 6.68. The Morgan fingerprint density at radius 2 is 2.40 bits per heavy atom. The van der Waals surface area contributed by atoms with Gasteiger partial charge in [0.25, 0.3) is 0 Å². The van der Waals surface area contributed by atoms with Gasteiger partial charge in [0, 0.05) is 25.9 Å². The van der Waals surface area contributed by atoms with E-state index in [0.29, 0.717) is 12.5 Å². The molecule has 1 atom stereocenters. The van der Waals surface area contributed by atoms with Gasteiger partial charge in [-0.15, -0.1) is 0 Å². The Morgan fingerprint density at radius 3 is 3.13 bits per heavy atom. The maximum Gasteiger partial charge on any atom is 0.128 e. The van der Waals surface area contributed by atoms with Crippen LogP contribution in [-0.4, -0.2) is 29.8 Å². The lowest BCUT2D eigenvalue weighted by atomic mass is 9.95. The monoisotopic (exact) mass is 206 g/mol. The maximum atomic E-state index is 8.94. The van der Waals surface area contributed by atoms with E-state index in [1.165, 1.54) is 12.8 Å². The largest absolute Gasteiger partial charge is 0.396 e. The van der Waals surface area contributed by atoms with Gasteiger partial charge in [0.05, 0.1) is 0 Å². The predicted molar refractivity (Wildman–Crippen MR) is 60.9 cm³/mol. The third-order valence-corrected chi connectivity index (χ3v) is 3.03. The van der Waals surface area contributed by atoms with Gasteiger partial charge in [-0.05, 0) is 37.3 Å². The van der Waals surface area contributed by atoms with E-state index < -0.39 is 0 Å². The molecule has 1 fully saturated rings. The molecule has 0 bridgehead atoms. The molecule has 1 unspecified atom stereocenters. The van der Waals surface area contributed by atoms with E-state index in [-0.39, 0.29) is 0 Å². The molecular formula is C12H18N2O. The Morgan fingerprint density at radius 1 is 1.47 bits per heavy atom. The lowest BCUT2D eigenvalue weighted by molar-refractivity contribution is 0.244. The summed E-state index contributed by atoms with van der Waals surface area (Å²) in [5.41, 5.74) is 0. The number of hydrogen-bond acceptors (Lipinski definition) is 3. The van der Waals surface area contributed by atoms with Crippen molar-refractivity contribution in [2.45, 2.75) is 19.3 Å². The molecule has 1 aliphatic rings. The number of pyridine rings is 1. The minimum absolute atomic E-state index is 0.306. The molecular weight excluding hydrogens is 188 g/mol. The fourth-order valence-corrected chi connectivity index (χ4v) is 2.23. The standard InChI is InChI=1S/C12H18N2O/c15-9-6-11-4-3-8-14(10-11)12-5-1-2-7-13-12/h1-2,5,7,11,15H,3-4,6,8-10H2. The van der Waals surface area contributed by atoms with Crippen LogP contribution in [0.2, 0.25) is 0 Å². The minimum atomic E-state index is 0.306. The van der Waals surface area contributed by atoms with Crippen LogP contribution in [0, 0.1) is 5.92 Å². The number of aromatic nitrogens is 1. The fraction of sp³-hybridized carbons (Fsp3) is 0.583. The SMILES string of the molecule is OCCC1CCCN(c2ccccn2)C1. The molecule has 0 spiro atoms. The second-order valence-corrected chi connectivity index (χ2v) is 4.15. The molecule has 1 aromatic heterocycles. The van der Waals surface area contributed by atoms with Crippen molar-refractivity contribution < 1.29 is 5.11 Å². The van der Waals surface area contributed by atoms with Crippen molar-refractivity contribution >= 4 is 5.82 Å². The summed E-state index contributed by atoms with van der Waals surface area (Å²) in [6.07, 6.45) is 5.21. The summed E-state index contributed by atoms with van der Waals surface area (Å²) >= 11 is 0. The van der Waals surface area contributed by atoms with E-state index in [0.717, 1.165) is 25.3 Å². The van der Waals surface area contributed by atoms with Crippen molar-refractivity contribution in [3.05, 3.63) is 24.4 Å². The number of anilines is 1. The van der Waals surface area contributed by atoms with Crippen LogP contribution in [0.25, 0.3) is 0 Å². The molecule has 1 N–H and O–H groups in total. The van der Waals surface area contributed by atoms with Crippen molar-refractivity contribution in [1.29, 1.82) is 0 Å². The molecule has 0 saturated carbocycles. The molecule has 1 aliphatic heterocycles. The Balaban J connectivity index is 1.98. The summed E-state index contributed by atoms with van der Waals surface area (Å²) in [5.74, 6) is 1.70. The molecule has 3 nitrogen and oxygen atoms in total. The molecule has 3 heteroatoms. The normalized spacial score (nSPS) is 21.7. The van der Waals surface area contributed by atoms with E-state index in [1.54, 1.807) is 0 Å². The van der Waals surface area contributed by atoms with Crippen LogP contribution in [0.5, 0.6) is 0 Å². The van der Waals surface area contributed by atoms with E-state index in [2.05, 4.69) is 16.0 Å². The zero-order valence-corrected chi connectivity index (χ0v) is 8.97. The first-order chi connectivity index (χ1) is 7.40. The number of hydrogen-bond donors (Lipinski definition) is 1. The Labute approximate surface area is 90.8 Å². The highest BCUT2D eigenvalue weighted by molar-refractivity contribution is 5.38. The summed E-state index contributed by atoms with van der Waals surface area (Å²) in [6, 6.07) is 6.03. The van der Waals surface area contributed by atoms with Gasteiger partial charge in [0.15, 0.2) is 0 Å². The second-order valence-electron chi connectivity index (χ2n) is 4.15. The van der Waals surface area contributed by atoms with Crippen LogP contribution < -0.4 is 4.90 Å². The van der Waals surface area contributed by atoms with Crippen molar-refractivity contribution in [3.8, 4) is 0 Å². The quantitative estimate of drug-likeness (QED) is 0.817. The van der Waals surface area contributed by atoms with Crippen LogP contribution in [0.1, 0.15) is 19.3 Å². The number of aliphatic hydroxyl groups is 1. The average molecular weight is 206 g/mol. The van der Waals surface area contributed by atoms with Crippen LogP contribution in [0.4, 0.5) is 5.82 Å². The van der Waals surface area contributed by atoms with Crippen molar-refractivity contribution in [2.75, 3.05) is 24.6 Å². The summed E-state index contributed by atoms with van der Waals surface area (Å²) < 4.78 is 0. The van der Waals surface area contributed by atoms with Gasteiger partial charge >= 0.3 is 0 Å². The van der Waals surface area contributed by atoms with Crippen LogP contribution >= 0.6 is 0 Å². The molecule has 15 heavy (non-hydrogen) atoms. The molecule has 2 rings (SSSR count). The molecule has 1 aromatic rings. The predicted octanol–water partition coefficient (Wildman–Crippen LogP) is 1.68. The highest BCUT2D eigenvalue weighted by Crippen LogP contribution is 2.22. The molecule has 0 radical (unpaired) electrons. The van der Waals surface area contributed by atoms with Gasteiger partial charge < -0.3 is 10.0 Å². The molecule has 2 heterocycles. The third-order valence-electron chi connectivity index (χ3n) is 3.03. The summed E-state index contributed by atoms with van der Waals surface area (Å²) in [5, 5.41) is 8.94. The maximum absolute atomic E-state index is 8.94. The molecule has 0 amide bonds. The van der Waals surface area contributed by atoms with Gasteiger partial charge in [-0.3, -0.25) is 0 Å². The van der Waals surface area contributed by atoms with Crippen LogP contribution in [0.3, 0.4) is 0 Å². The first-order valence-corrected chi connectivity index (χ1v) is 5.67. The van der Waals surface area contributed by atoms with E-state index >= 15 is 0 Å². The van der Waals surface area contributed by atoms with E-state index in [4.69, 9.17) is 5.11 Å².